The van der Waals surface area contributed by atoms with Gasteiger partial charge in [-0.15, -0.1) is 0 Å². The summed E-state index contributed by atoms with van der Waals surface area (Å²) in [5, 5.41) is 5.24. The molecule has 4 rings (SSSR count). The molecule has 14 heteroatoms. The lowest BCUT2D eigenvalue weighted by Crippen LogP contribution is -2.53. The lowest BCUT2D eigenvalue weighted by Gasteiger charge is -2.36. The van der Waals surface area contributed by atoms with Crippen LogP contribution in [0.25, 0.3) is 10.8 Å². The molecule has 256 valence electrons. The second kappa shape index (κ2) is 14.7. The van der Waals surface area contributed by atoms with E-state index < -0.39 is 47.7 Å². The second-order valence-corrected chi connectivity index (χ2v) is 12.6. The molecule has 0 bridgehead atoms. The van der Waals surface area contributed by atoms with Crippen LogP contribution in [0.5, 0.6) is 0 Å². The highest BCUT2D eigenvalue weighted by atomic mass is 16.5. The molecule has 6 amide bonds. The number of rotatable bonds is 14. The zero-order valence-corrected chi connectivity index (χ0v) is 27.8. The molecule has 2 atom stereocenters. The normalized spacial score (nSPS) is 15.2. The first-order chi connectivity index (χ1) is 22.6. The second-order valence-electron chi connectivity index (χ2n) is 12.6. The van der Waals surface area contributed by atoms with Gasteiger partial charge in [0.15, 0.2) is 0 Å². The van der Waals surface area contributed by atoms with Crippen molar-refractivity contribution in [2.75, 3.05) is 26.3 Å². The van der Waals surface area contributed by atoms with Gasteiger partial charge in [0.2, 0.25) is 11.8 Å². The molecule has 0 fully saturated rings. The highest BCUT2D eigenvalue weighted by molar-refractivity contribution is 6.34. The van der Waals surface area contributed by atoms with Gasteiger partial charge in [-0.25, -0.2) is 9.59 Å². The van der Waals surface area contributed by atoms with Crippen molar-refractivity contribution < 1.29 is 47.8 Å². The van der Waals surface area contributed by atoms with Crippen molar-refractivity contribution in [3.63, 3.8) is 0 Å². The molecule has 2 N–H and O–H groups in total. The van der Waals surface area contributed by atoms with Crippen molar-refractivity contribution in [2.24, 2.45) is 11.8 Å². The van der Waals surface area contributed by atoms with E-state index in [1.165, 1.54) is 38.1 Å². The molecule has 0 radical (unpaired) electrons. The summed E-state index contributed by atoms with van der Waals surface area (Å²) in [7, 11) is 0. The molecule has 2 aliphatic heterocycles. The highest BCUT2D eigenvalue weighted by Crippen LogP contribution is 2.39. The Labute approximate surface area is 277 Å². The molecular formula is C34H40N4O10. The highest BCUT2D eigenvalue weighted by Gasteiger charge is 2.46. The average Bonchev–Trinajstić information content (AvgIpc) is 3.01. The van der Waals surface area contributed by atoms with Crippen LogP contribution in [0, 0.1) is 11.8 Å². The third kappa shape index (κ3) is 7.21. The number of hydrogen-bond acceptors (Lipinski definition) is 10. The Kier molecular flexibility index (Phi) is 11.0. The zero-order chi connectivity index (χ0) is 35.4. The molecule has 2 unspecified atom stereocenters. The predicted octanol–water partition coefficient (Wildman–Crippen LogP) is 2.22. The van der Waals surface area contributed by atoms with Gasteiger partial charge in [-0.05, 0) is 48.9 Å². The molecule has 2 heterocycles. The van der Waals surface area contributed by atoms with Gasteiger partial charge < -0.3 is 20.1 Å². The topological polar surface area (TPSA) is 186 Å². The summed E-state index contributed by atoms with van der Waals surface area (Å²) in [5.74, 6) is -5.64. The Balaban J connectivity index is 1.71. The van der Waals surface area contributed by atoms with Crippen LogP contribution in [0.4, 0.5) is 0 Å². The summed E-state index contributed by atoms with van der Waals surface area (Å²) in [6, 6.07) is 2.94. The van der Waals surface area contributed by atoms with Crippen molar-refractivity contribution >= 4 is 58.2 Å². The molecule has 0 saturated heterocycles. The average molecular weight is 665 g/mol. The van der Waals surface area contributed by atoms with E-state index in [-0.39, 0.29) is 95.8 Å². The monoisotopic (exact) mass is 664 g/mol. The van der Waals surface area contributed by atoms with Crippen molar-refractivity contribution in [3.05, 3.63) is 46.5 Å². The van der Waals surface area contributed by atoms with Gasteiger partial charge in [0.25, 0.3) is 23.6 Å². The molecule has 2 aliphatic rings. The molecule has 0 aliphatic carbocycles. The fraction of sp³-hybridized carbons (Fsp3) is 0.471. The van der Waals surface area contributed by atoms with Crippen molar-refractivity contribution in [1.29, 1.82) is 0 Å². The standard InChI is InChI=1S/C34H40N4O10/c1-17(2)15-25(33(45)47-13-11-35-19(5)39)37-29(41)21-7-9-23-28-24(10-8-22(27(21)28)30(37)42)32(44)38(31(23)43)26(16-18(3)4)34(46)48-14-12-36-20(6)40/h7-10,17-18,25-26H,11-16H2,1-6H3,(H,35,39)(H,36,40). The predicted molar refractivity (Wildman–Crippen MR) is 171 cm³/mol. The van der Waals surface area contributed by atoms with Gasteiger partial charge in [0.1, 0.15) is 25.3 Å². The summed E-state index contributed by atoms with van der Waals surface area (Å²) in [6.45, 7) is 9.71. The van der Waals surface area contributed by atoms with E-state index in [2.05, 4.69) is 10.6 Å². The summed E-state index contributed by atoms with van der Waals surface area (Å²) in [5.41, 5.74) is 0.0932. The van der Waals surface area contributed by atoms with Crippen LogP contribution in [0.3, 0.4) is 0 Å². The van der Waals surface area contributed by atoms with Crippen LogP contribution in [-0.2, 0) is 28.7 Å². The van der Waals surface area contributed by atoms with E-state index in [9.17, 15) is 38.4 Å². The molecule has 0 saturated carbocycles. The first kappa shape index (κ1) is 35.7. The van der Waals surface area contributed by atoms with Crippen LogP contribution in [-0.4, -0.2) is 95.6 Å². The number of imide groups is 2. The number of esters is 2. The summed E-state index contributed by atoms with van der Waals surface area (Å²) in [4.78, 5) is 106. The van der Waals surface area contributed by atoms with Crippen LogP contribution in [0.1, 0.15) is 95.8 Å². The molecule has 0 spiro atoms. The van der Waals surface area contributed by atoms with E-state index >= 15 is 0 Å². The largest absolute Gasteiger partial charge is 0.462 e. The molecule has 2 aromatic carbocycles. The van der Waals surface area contributed by atoms with E-state index in [4.69, 9.17) is 9.47 Å². The fourth-order valence-electron chi connectivity index (χ4n) is 5.93. The summed E-state index contributed by atoms with van der Waals surface area (Å²) in [6.07, 6.45) is 0.213. The maximum atomic E-state index is 14.0. The van der Waals surface area contributed by atoms with Gasteiger partial charge in [-0.2, -0.15) is 0 Å². The van der Waals surface area contributed by atoms with Gasteiger partial charge >= 0.3 is 11.9 Å². The zero-order valence-electron chi connectivity index (χ0n) is 27.8. The van der Waals surface area contributed by atoms with Crippen molar-refractivity contribution in [3.8, 4) is 0 Å². The summed E-state index contributed by atoms with van der Waals surface area (Å²) < 4.78 is 10.7. The van der Waals surface area contributed by atoms with E-state index in [0.717, 1.165) is 9.80 Å². The quantitative estimate of drug-likeness (QED) is 0.172. The number of carbonyl (C=O) groups excluding carboxylic acids is 8. The minimum absolute atomic E-state index is 0.0233. The van der Waals surface area contributed by atoms with E-state index in [1.807, 2.05) is 27.7 Å². The Bertz CT molecular complexity index is 1500. The number of nitrogens with zero attached hydrogens (tertiary/aromatic N) is 2. The van der Waals surface area contributed by atoms with Crippen molar-refractivity contribution in [2.45, 2.75) is 66.5 Å². The Morgan fingerprint density at radius 2 is 0.875 bits per heavy atom. The first-order valence-electron chi connectivity index (χ1n) is 15.8. The molecule has 2 aromatic rings. The molecule has 14 nitrogen and oxygen atoms in total. The lowest BCUT2D eigenvalue weighted by molar-refractivity contribution is -0.149. The fourth-order valence-corrected chi connectivity index (χ4v) is 5.93. The molecular weight excluding hydrogens is 624 g/mol. The lowest BCUT2D eigenvalue weighted by atomic mass is 9.84. The van der Waals surface area contributed by atoms with Crippen LogP contribution in [0.15, 0.2) is 24.3 Å². The number of benzene rings is 2. The van der Waals surface area contributed by atoms with Crippen molar-refractivity contribution in [1.82, 2.24) is 20.4 Å². The number of hydrogen-bond donors (Lipinski definition) is 2. The van der Waals surface area contributed by atoms with Gasteiger partial charge in [0, 0.05) is 46.9 Å². The smallest absolute Gasteiger partial charge is 0.329 e. The van der Waals surface area contributed by atoms with E-state index in [0.29, 0.717) is 0 Å². The molecule has 48 heavy (non-hydrogen) atoms. The minimum atomic E-state index is -1.27. The van der Waals surface area contributed by atoms with Gasteiger partial charge in [0.05, 0.1) is 13.1 Å². The van der Waals surface area contributed by atoms with Crippen LogP contribution >= 0.6 is 0 Å². The summed E-state index contributed by atoms with van der Waals surface area (Å²) >= 11 is 0. The SMILES string of the molecule is CC(=O)NCCOC(=O)C(CC(C)C)N1C(=O)c2ccc3c4c(ccc(c24)C1=O)C(=O)N(C(CC(C)C)C(=O)OCCNC(C)=O)C3=O. The maximum absolute atomic E-state index is 14.0. The van der Waals surface area contributed by atoms with Crippen LogP contribution < -0.4 is 10.6 Å². The third-order valence-electron chi connectivity index (χ3n) is 7.96. The van der Waals surface area contributed by atoms with Gasteiger partial charge in [-0.1, -0.05) is 27.7 Å². The van der Waals surface area contributed by atoms with Gasteiger partial charge in [-0.3, -0.25) is 38.6 Å². The number of amides is 6. The van der Waals surface area contributed by atoms with E-state index in [1.54, 1.807) is 0 Å². The Hall–Kier alpha value is -5.14. The maximum Gasteiger partial charge on any atom is 0.329 e. The third-order valence-corrected chi connectivity index (χ3v) is 7.96. The number of ether oxygens (including phenoxy) is 2. The molecule has 0 aromatic heterocycles. The Morgan fingerprint density at radius 1 is 0.583 bits per heavy atom. The number of nitrogens with one attached hydrogen (secondary N) is 2. The first-order valence-corrected chi connectivity index (χ1v) is 15.8. The number of carbonyl (C=O) groups is 8. The Morgan fingerprint density at radius 3 is 1.12 bits per heavy atom. The minimum Gasteiger partial charge on any atom is -0.462 e. The van der Waals surface area contributed by atoms with Crippen LogP contribution in [0.2, 0.25) is 0 Å².